The van der Waals surface area contributed by atoms with Crippen molar-refractivity contribution in [2.45, 2.75) is 26.2 Å². The van der Waals surface area contributed by atoms with Gasteiger partial charge in [-0.2, -0.15) is 0 Å². The molecule has 0 atom stereocenters. The van der Waals surface area contributed by atoms with Crippen molar-refractivity contribution in [1.29, 1.82) is 0 Å². The Hall–Kier alpha value is -4.43. The molecule has 0 bridgehead atoms. The standard InChI is InChI=1S/C29H26ClN3O5/c1-3-4-6-18-9-15-23(16-10-18)33-27(35)24(30)25(28(33)36)31-22-8-5-7-20(17-22)26(34)32-21-13-11-19(12-14-21)29(37)38-2/h5,7-17,31H,3-4,6H2,1-2H3,(H,32,34). The second-order valence-corrected chi connectivity index (χ2v) is 9.01. The predicted octanol–water partition coefficient (Wildman–Crippen LogP) is 5.50. The normalized spacial score (nSPS) is 13.1. The zero-order valence-electron chi connectivity index (χ0n) is 20.9. The molecule has 3 amide bonds. The lowest BCUT2D eigenvalue weighted by Crippen LogP contribution is -2.32. The van der Waals surface area contributed by atoms with Gasteiger partial charge in [0.15, 0.2) is 0 Å². The van der Waals surface area contributed by atoms with Crippen molar-refractivity contribution < 1.29 is 23.9 Å². The molecule has 1 aliphatic rings. The van der Waals surface area contributed by atoms with E-state index in [2.05, 4.69) is 22.3 Å². The zero-order chi connectivity index (χ0) is 27.2. The first-order valence-corrected chi connectivity index (χ1v) is 12.4. The van der Waals surface area contributed by atoms with Crippen LogP contribution >= 0.6 is 11.6 Å². The Labute approximate surface area is 225 Å². The number of esters is 1. The maximum absolute atomic E-state index is 13.1. The first kappa shape index (κ1) is 26.6. The quantitative estimate of drug-likeness (QED) is 0.279. The van der Waals surface area contributed by atoms with E-state index in [4.69, 9.17) is 11.6 Å². The van der Waals surface area contributed by atoms with Gasteiger partial charge in [0.05, 0.1) is 18.4 Å². The molecule has 8 nitrogen and oxygen atoms in total. The summed E-state index contributed by atoms with van der Waals surface area (Å²) in [4.78, 5) is 51.4. The minimum Gasteiger partial charge on any atom is -0.465 e. The molecule has 0 saturated carbocycles. The fourth-order valence-corrected chi connectivity index (χ4v) is 4.14. The second-order valence-electron chi connectivity index (χ2n) is 8.63. The van der Waals surface area contributed by atoms with Crippen molar-refractivity contribution in [1.82, 2.24) is 0 Å². The number of nitrogens with zero attached hydrogens (tertiary/aromatic N) is 1. The molecule has 38 heavy (non-hydrogen) atoms. The van der Waals surface area contributed by atoms with Crippen LogP contribution in [-0.2, 0) is 20.7 Å². The topological polar surface area (TPSA) is 105 Å². The lowest BCUT2D eigenvalue weighted by molar-refractivity contribution is -0.120. The molecule has 1 heterocycles. The Morgan fingerprint density at radius 2 is 1.61 bits per heavy atom. The summed E-state index contributed by atoms with van der Waals surface area (Å²) in [6, 6.07) is 20.0. The maximum atomic E-state index is 13.1. The monoisotopic (exact) mass is 531 g/mol. The van der Waals surface area contributed by atoms with E-state index < -0.39 is 23.7 Å². The van der Waals surface area contributed by atoms with Crippen LogP contribution in [-0.4, -0.2) is 30.8 Å². The van der Waals surface area contributed by atoms with E-state index in [0.29, 0.717) is 28.2 Å². The number of carbonyl (C=O) groups is 4. The highest BCUT2D eigenvalue weighted by Gasteiger charge is 2.39. The minimum atomic E-state index is -0.621. The number of aryl methyl sites for hydroxylation is 1. The fraction of sp³-hybridized carbons (Fsp3) is 0.172. The van der Waals surface area contributed by atoms with Gasteiger partial charge in [-0.15, -0.1) is 0 Å². The van der Waals surface area contributed by atoms with Crippen LogP contribution in [0.3, 0.4) is 0 Å². The number of ether oxygens (including phenoxy) is 1. The van der Waals surface area contributed by atoms with E-state index >= 15 is 0 Å². The van der Waals surface area contributed by atoms with Crippen LogP contribution in [0, 0.1) is 0 Å². The predicted molar refractivity (Wildman–Crippen MR) is 146 cm³/mol. The van der Waals surface area contributed by atoms with Crippen molar-refractivity contribution in [3.63, 3.8) is 0 Å². The number of amides is 3. The molecule has 2 N–H and O–H groups in total. The summed E-state index contributed by atoms with van der Waals surface area (Å²) in [5, 5.41) is 5.42. The number of rotatable bonds is 9. The summed E-state index contributed by atoms with van der Waals surface area (Å²) >= 11 is 6.27. The number of nitrogens with one attached hydrogen (secondary N) is 2. The zero-order valence-corrected chi connectivity index (χ0v) is 21.7. The molecule has 0 radical (unpaired) electrons. The Morgan fingerprint density at radius 3 is 2.26 bits per heavy atom. The van der Waals surface area contributed by atoms with E-state index in [1.165, 1.54) is 13.2 Å². The number of imide groups is 1. The maximum Gasteiger partial charge on any atom is 0.337 e. The third-order valence-electron chi connectivity index (χ3n) is 6.00. The number of benzene rings is 3. The molecule has 3 aromatic carbocycles. The van der Waals surface area contributed by atoms with Gasteiger partial charge in [0, 0.05) is 16.9 Å². The smallest absolute Gasteiger partial charge is 0.337 e. The number of halogens is 1. The average Bonchev–Trinajstić information content (AvgIpc) is 3.15. The molecule has 9 heteroatoms. The van der Waals surface area contributed by atoms with Gasteiger partial charge in [-0.25, -0.2) is 9.69 Å². The lowest BCUT2D eigenvalue weighted by atomic mass is 10.1. The number of hydrogen-bond donors (Lipinski definition) is 2. The molecule has 0 aromatic heterocycles. The molecular formula is C29H26ClN3O5. The highest BCUT2D eigenvalue weighted by atomic mass is 35.5. The van der Waals surface area contributed by atoms with Crippen molar-refractivity contribution in [3.05, 3.63) is 100 Å². The van der Waals surface area contributed by atoms with Gasteiger partial charge in [-0.05, 0) is 73.0 Å². The van der Waals surface area contributed by atoms with E-state index in [-0.39, 0.29) is 10.7 Å². The SMILES string of the molecule is CCCCc1ccc(N2C(=O)C(Cl)=C(Nc3cccc(C(=O)Nc4ccc(C(=O)OC)cc4)c3)C2=O)cc1. The Balaban J connectivity index is 1.46. The summed E-state index contributed by atoms with van der Waals surface area (Å²) in [5.74, 6) is -2.08. The van der Waals surface area contributed by atoms with Crippen molar-refractivity contribution in [2.75, 3.05) is 22.6 Å². The Bertz CT molecular complexity index is 1410. The van der Waals surface area contributed by atoms with Crippen LogP contribution in [0.4, 0.5) is 17.1 Å². The molecular weight excluding hydrogens is 506 g/mol. The molecule has 0 saturated heterocycles. The lowest BCUT2D eigenvalue weighted by Gasteiger charge is -2.16. The number of unbranched alkanes of at least 4 members (excludes halogenated alkanes) is 1. The minimum absolute atomic E-state index is 0.0670. The summed E-state index contributed by atoms with van der Waals surface area (Å²) in [6.07, 6.45) is 3.06. The van der Waals surface area contributed by atoms with Gasteiger partial charge in [-0.1, -0.05) is 43.1 Å². The summed E-state index contributed by atoms with van der Waals surface area (Å²) in [5.41, 5.74) is 3.05. The Kier molecular flexibility index (Phi) is 8.23. The molecule has 4 rings (SSSR count). The van der Waals surface area contributed by atoms with Crippen molar-refractivity contribution in [3.8, 4) is 0 Å². The summed E-state index contributed by atoms with van der Waals surface area (Å²) < 4.78 is 4.67. The third kappa shape index (κ3) is 5.76. The van der Waals surface area contributed by atoms with Crippen LogP contribution < -0.4 is 15.5 Å². The number of carbonyl (C=O) groups excluding carboxylic acids is 4. The number of anilines is 3. The average molecular weight is 532 g/mol. The first-order chi connectivity index (χ1) is 18.3. The molecule has 0 unspecified atom stereocenters. The second kappa shape index (κ2) is 11.7. The van der Waals surface area contributed by atoms with Gasteiger partial charge >= 0.3 is 5.97 Å². The highest BCUT2D eigenvalue weighted by Crippen LogP contribution is 2.30. The summed E-state index contributed by atoms with van der Waals surface area (Å²) in [7, 11) is 1.29. The number of methoxy groups -OCH3 is 1. The Morgan fingerprint density at radius 1 is 0.895 bits per heavy atom. The van der Waals surface area contributed by atoms with Gasteiger partial charge < -0.3 is 15.4 Å². The first-order valence-electron chi connectivity index (χ1n) is 12.1. The van der Waals surface area contributed by atoms with Crippen LogP contribution in [0.15, 0.2) is 83.5 Å². The molecule has 1 aliphatic heterocycles. The van der Waals surface area contributed by atoms with Crippen LogP contribution in [0.1, 0.15) is 46.0 Å². The van der Waals surface area contributed by atoms with Crippen LogP contribution in [0.25, 0.3) is 0 Å². The van der Waals surface area contributed by atoms with E-state index in [0.717, 1.165) is 29.7 Å². The van der Waals surface area contributed by atoms with E-state index in [9.17, 15) is 19.2 Å². The van der Waals surface area contributed by atoms with Gasteiger partial charge in [0.2, 0.25) is 0 Å². The van der Waals surface area contributed by atoms with Crippen LogP contribution in [0.2, 0.25) is 0 Å². The molecule has 0 spiro atoms. The van der Waals surface area contributed by atoms with Crippen molar-refractivity contribution in [2.24, 2.45) is 0 Å². The molecule has 0 fully saturated rings. The third-order valence-corrected chi connectivity index (χ3v) is 6.35. The highest BCUT2D eigenvalue weighted by molar-refractivity contribution is 6.53. The summed E-state index contributed by atoms with van der Waals surface area (Å²) in [6.45, 7) is 2.12. The van der Waals surface area contributed by atoms with E-state index in [1.54, 1.807) is 54.6 Å². The molecule has 194 valence electrons. The van der Waals surface area contributed by atoms with Gasteiger partial charge in [-0.3, -0.25) is 14.4 Å². The number of hydrogen-bond acceptors (Lipinski definition) is 6. The van der Waals surface area contributed by atoms with Crippen LogP contribution in [0.5, 0.6) is 0 Å². The van der Waals surface area contributed by atoms with Gasteiger partial charge in [0.25, 0.3) is 17.7 Å². The van der Waals surface area contributed by atoms with E-state index in [1.807, 2.05) is 12.1 Å². The molecule has 3 aromatic rings. The molecule has 0 aliphatic carbocycles. The fourth-order valence-electron chi connectivity index (χ4n) is 3.93. The largest absolute Gasteiger partial charge is 0.465 e. The van der Waals surface area contributed by atoms with Crippen molar-refractivity contribution >= 4 is 52.4 Å². The van der Waals surface area contributed by atoms with Gasteiger partial charge in [0.1, 0.15) is 10.7 Å².